The number of hydrogen-bond donors (Lipinski definition) is 0. The Morgan fingerprint density at radius 1 is 1.06 bits per heavy atom. The lowest BCUT2D eigenvalue weighted by atomic mass is 10.0. The van der Waals surface area contributed by atoms with Gasteiger partial charge >= 0.3 is 0 Å². The Hall–Kier alpha value is -3.39. The van der Waals surface area contributed by atoms with Crippen molar-refractivity contribution in [1.29, 1.82) is 0 Å². The third-order valence-corrected chi connectivity index (χ3v) is 6.06. The van der Waals surface area contributed by atoms with Gasteiger partial charge < -0.3 is 14.4 Å². The highest BCUT2D eigenvalue weighted by Gasteiger charge is 2.32. The van der Waals surface area contributed by atoms with E-state index in [4.69, 9.17) is 19.6 Å². The molecule has 0 radical (unpaired) electrons. The molecule has 0 aliphatic carbocycles. The van der Waals surface area contributed by atoms with Gasteiger partial charge in [-0.3, -0.25) is 9.69 Å². The first-order valence-electron chi connectivity index (χ1n) is 11.0. The number of anilines is 2. The Balaban J connectivity index is 1.62. The molecule has 0 atom stereocenters. The summed E-state index contributed by atoms with van der Waals surface area (Å²) in [5.41, 5.74) is 3.39. The fourth-order valence-corrected chi connectivity index (χ4v) is 4.58. The topological polar surface area (TPSA) is 72.7 Å². The lowest BCUT2D eigenvalue weighted by molar-refractivity contribution is 0.0978. The van der Waals surface area contributed by atoms with Gasteiger partial charge in [0, 0.05) is 37.9 Å². The normalized spacial score (nSPS) is 16.1. The summed E-state index contributed by atoms with van der Waals surface area (Å²) in [6, 6.07) is 11.4. The van der Waals surface area contributed by atoms with E-state index in [-0.39, 0.29) is 5.91 Å². The maximum absolute atomic E-state index is 13.7. The monoisotopic (exact) mass is 433 g/mol. The van der Waals surface area contributed by atoms with Crippen molar-refractivity contribution in [3.63, 3.8) is 0 Å². The molecular formula is C24H27N5O3. The summed E-state index contributed by atoms with van der Waals surface area (Å²) in [5, 5.41) is 4.80. The second kappa shape index (κ2) is 8.63. The Morgan fingerprint density at radius 2 is 1.88 bits per heavy atom. The smallest absolute Gasteiger partial charge is 0.263 e. The number of pyridine rings is 1. The molecule has 1 aromatic carbocycles. The van der Waals surface area contributed by atoms with Crippen LogP contribution in [0.2, 0.25) is 0 Å². The van der Waals surface area contributed by atoms with Gasteiger partial charge in [-0.1, -0.05) is 12.1 Å². The number of ether oxygens (including phenoxy) is 2. The van der Waals surface area contributed by atoms with Crippen molar-refractivity contribution in [2.45, 2.75) is 19.9 Å². The molecular weight excluding hydrogens is 406 g/mol. The molecule has 8 nitrogen and oxygen atoms in total. The van der Waals surface area contributed by atoms with Crippen molar-refractivity contribution in [1.82, 2.24) is 14.8 Å². The van der Waals surface area contributed by atoms with Gasteiger partial charge in [0.15, 0.2) is 0 Å². The summed E-state index contributed by atoms with van der Waals surface area (Å²) in [4.78, 5) is 22.5. The number of morpholine rings is 1. The molecule has 0 saturated carbocycles. The second-order valence-electron chi connectivity index (χ2n) is 7.99. The summed E-state index contributed by atoms with van der Waals surface area (Å²) in [6.45, 7) is 6.34. The molecule has 0 N–H and O–H groups in total. The summed E-state index contributed by atoms with van der Waals surface area (Å²) in [6.07, 6.45) is 2.66. The van der Waals surface area contributed by atoms with Crippen LogP contribution in [-0.4, -0.2) is 60.6 Å². The number of hydrogen-bond acceptors (Lipinski definition) is 6. The first kappa shape index (κ1) is 20.5. The van der Waals surface area contributed by atoms with Crippen LogP contribution in [0.25, 0.3) is 11.1 Å². The van der Waals surface area contributed by atoms with Crippen LogP contribution in [0, 0.1) is 6.92 Å². The van der Waals surface area contributed by atoms with E-state index in [0.717, 1.165) is 54.5 Å². The highest BCUT2D eigenvalue weighted by molar-refractivity contribution is 6.09. The number of nitrogens with zero attached hydrogens (tertiary/aromatic N) is 5. The van der Waals surface area contributed by atoms with E-state index in [2.05, 4.69) is 11.0 Å². The number of methoxy groups -OCH3 is 1. The fourth-order valence-electron chi connectivity index (χ4n) is 4.58. The molecule has 1 saturated heterocycles. The largest absolute Gasteiger partial charge is 0.496 e. The first-order valence-corrected chi connectivity index (χ1v) is 11.0. The van der Waals surface area contributed by atoms with Crippen LogP contribution in [-0.2, 0) is 11.3 Å². The number of amides is 1. The zero-order chi connectivity index (χ0) is 22.1. The van der Waals surface area contributed by atoms with Gasteiger partial charge in [0.05, 0.1) is 37.1 Å². The Labute approximate surface area is 187 Å². The van der Waals surface area contributed by atoms with Gasteiger partial charge in [-0.15, -0.1) is 0 Å². The number of fused-ring (bicyclic) bond motifs is 1. The van der Waals surface area contributed by atoms with Crippen LogP contribution >= 0.6 is 0 Å². The molecule has 2 aromatic heterocycles. The Kier molecular flexibility index (Phi) is 5.53. The standard InChI is InChI=1S/C24H27N5O3/c1-17-21(19-8-5-10-25-22(19)27-13-15-32-16-14-27)23-28(11-6-12-29(23)26-17)24(30)18-7-3-4-9-20(18)31-2/h3-5,7-10H,6,11-16H2,1-2H3. The molecule has 2 aliphatic rings. The average Bonchev–Trinajstić information content (AvgIpc) is 3.19. The van der Waals surface area contributed by atoms with Crippen LogP contribution in [0.1, 0.15) is 22.5 Å². The lowest BCUT2D eigenvalue weighted by Crippen LogP contribution is -2.38. The van der Waals surface area contributed by atoms with E-state index in [1.807, 2.05) is 53.0 Å². The first-order chi connectivity index (χ1) is 15.7. The van der Waals surface area contributed by atoms with Crippen molar-refractivity contribution >= 4 is 17.5 Å². The van der Waals surface area contributed by atoms with Crippen LogP contribution < -0.4 is 14.5 Å². The lowest BCUT2D eigenvalue weighted by Gasteiger charge is -2.31. The quantitative estimate of drug-likeness (QED) is 0.629. The zero-order valence-electron chi connectivity index (χ0n) is 18.5. The van der Waals surface area contributed by atoms with Gasteiger partial charge in [-0.05, 0) is 37.6 Å². The van der Waals surface area contributed by atoms with Crippen molar-refractivity contribution in [2.75, 3.05) is 49.8 Å². The maximum atomic E-state index is 13.7. The molecule has 2 aliphatic heterocycles. The van der Waals surface area contributed by atoms with Gasteiger partial charge in [0.25, 0.3) is 5.91 Å². The minimum absolute atomic E-state index is 0.0821. The number of para-hydroxylation sites is 1. The minimum atomic E-state index is -0.0821. The van der Waals surface area contributed by atoms with Gasteiger partial charge in [-0.2, -0.15) is 5.10 Å². The minimum Gasteiger partial charge on any atom is -0.496 e. The molecule has 0 unspecified atom stereocenters. The summed E-state index contributed by atoms with van der Waals surface area (Å²) in [7, 11) is 1.59. The Bertz CT molecular complexity index is 1140. The van der Waals surface area contributed by atoms with Crippen LogP contribution in [0.3, 0.4) is 0 Å². The van der Waals surface area contributed by atoms with Gasteiger partial charge in [0.1, 0.15) is 17.4 Å². The van der Waals surface area contributed by atoms with E-state index >= 15 is 0 Å². The number of aryl methyl sites for hydroxylation is 2. The molecule has 8 heteroatoms. The molecule has 32 heavy (non-hydrogen) atoms. The predicted octanol–water partition coefficient (Wildman–Crippen LogP) is 3.15. The number of rotatable bonds is 4. The van der Waals surface area contributed by atoms with E-state index in [0.29, 0.717) is 31.1 Å². The van der Waals surface area contributed by atoms with E-state index in [1.54, 1.807) is 7.11 Å². The van der Waals surface area contributed by atoms with Crippen LogP contribution in [0.5, 0.6) is 5.75 Å². The molecule has 1 fully saturated rings. The number of aromatic nitrogens is 3. The van der Waals surface area contributed by atoms with Crippen molar-refractivity contribution in [3.8, 4) is 16.9 Å². The SMILES string of the molecule is COc1ccccc1C(=O)N1CCCn2nc(C)c(-c3cccnc3N3CCOCC3)c21. The molecule has 0 spiro atoms. The van der Waals surface area contributed by atoms with Crippen molar-refractivity contribution < 1.29 is 14.3 Å². The van der Waals surface area contributed by atoms with Crippen LogP contribution in [0.15, 0.2) is 42.6 Å². The molecule has 5 rings (SSSR count). The van der Waals surface area contributed by atoms with Crippen molar-refractivity contribution in [3.05, 3.63) is 53.9 Å². The molecule has 4 heterocycles. The fraction of sp³-hybridized carbons (Fsp3) is 0.375. The van der Waals surface area contributed by atoms with E-state index < -0.39 is 0 Å². The summed E-state index contributed by atoms with van der Waals surface area (Å²) in [5.74, 6) is 2.22. The molecule has 3 aromatic rings. The third kappa shape index (κ3) is 3.50. The van der Waals surface area contributed by atoms with Crippen LogP contribution in [0.4, 0.5) is 11.6 Å². The Morgan fingerprint density at radius 3 is 2.69 bits per heavy atom. The average molecular weight is 434 g/mol. The highest BCUT2D eigenvalue weighted by Crippen LogP contribution is 2.41. The van der Waals surface area contributed by atoms with Gasteiger partial charge in [-0.25, -0.2) is 9.67 Å². The second-order valence-corrected chi connectivity index (χ2v) is 7.99. The predicted molar refractivity (Wildman–Crippen MR) is 123 cm³/mol. The summed E-state index contributed by atoms with van der Waals surface area (Å²) >= 11 is 0. The molecule has 166 valence electrons. The van der Waals surface area contributed by atoms with Gasteiger partial charge in [0.2, 0.25) is 0 Å². The molecule has 1 amide bonds. The van der Waals surface area contributed by atoms with E-state index in [9.17, 15) is 4.79 Å². The highest BCUT2D eigenvalue weighted by atomic mass is 16.5. The number of carbonyl (C=O) groups is 1. The summed E-state index contributed by atoms with van der Waals surface area (Å²) < 4.78 is 13.0. The zero-order valence-corrected chi connectivity index (χ0v) is 18.5. The van der Waals surface area contributed by atoms with E-state index in [1.165, 1.54) is 0 Å². The maximum Gasteiger partial charge on any atom is 0.263 e. The number of carbonyl (C=O) groups excluding carboxylic acids is 1. The number of benzene rings is 1. The molecule has 0 bridgehead atoms. The van der Waals surface area contributed by atoms with Crippen molar-refractivity contribution in [2.24, 2.45) is 0 Å². The third-order valence-electron chi connectivity index (χ3n) is 6.06.